The van der Waals surface area contributed by atoms with Gasteiger partial charge in [0.1, 0.15) is 0 Å². The monoisotopic (exact) mass is 424 g/mol. The van der Waals surface area contributed by atoms with Crippen molar-refractivity contribution in [2.24, 2.45) is 0 Å². The lowest BCUT2D eigenvalue weighted by Gasteiger charge is -2.30. The van der Waals surface area contributed by atoms with Gasteiger partial charge in [-0.15, -0.1) is 0 Å². The van der Waals surface area contributed by atoms with E-state index < -0.39 is 4.92 Å². The second-order valence-electron chi connectivity index (χ2n) is 8.10. The molecule has 2 heterocycles. The van der Waals surface area contributed by atoms with E-state index in [0.717, 1.165) is 25.2 Å². The third-order valence-corrected chi connectivity index (χ3v) is 6.17. The lowest BCUT2D eigenvalue weighted by atomic mass is 10.1. The summed E-state index contributed by atoms with van der Waals surface area (Å²) < 4.78 is 5.41. The standard InChI is InChI=1S/C23H28N4O4/c1-17(18-5-3-2-4-6-18)26-10-9-19(16-26)24-23(28)21-15-20(27(29)30)7-8-22(21)25-11-13-31-14-12-25/h2-8,15,17,19H,9-14,16H2,1H3,(H,24,28). The Balaban J connectivity index is 1.47. The quantitative estimate of drug-likeness (QED) is 0.567. The molecule has 2 saturated heterocycles. The Hall–Kier alpha value is -2.97. The van der Waals surface area contributed by atoms with Crippen molar-refractivity contribution in [1.29, 1.82) is 0 Å². The first-order valence-electron chi connectivity index (χ1n) is 10.7. The summed E-state index contributed by atoms with van der Waals surface area (Å²) in [7, 11) is 0. The third kappa shape index (κ3) is 4.86. The average Bonchev–Trinajstić information content (AvgIpc) is 3.27. The number of carbonyl (C=O) groups is 1. The second-order valence-corrected chi connectivity index (χ2v) is 8.10. The number of ether oxygens (including phenoxy) is 1. The van der Waals surface area contributed by atoms with Gasteiger partial charge in [-0.25, -0.2) is 0 Å². The minimum atomic E-state index is -0.460. The van der Waals surface area contributed by atoms with Gasteiger partial charge in [0.2, 0.25) is 0 Å². The van der Waals surface area contributed by atoms with Crippen LogP contribution < -0.4 is 10.2 Å². The zero-order chi connectivity index (χ0) is 21.8. The van der Waals surface area contributed by atoms with Crippen LogP contribution in [0.15, 0.2) is 48.5 Å². The molecule has 8 heteroatoms. The van der Waals surface area contributed by atoms with E-state index in [1.807, 2.05) is 18.2 Å². The molecule has 0 bridgehead atoms. The Morgan fingerprint density at radius 3 is 2.61 bits per heavy atom. The van der Waals surface area contributed by atoms with Gasteiger partial charge in [0.05, 0.1) is 29.4 Å². The molecule has 2 aromatic carbocycles. The fraction of sp³-hybridized carbons (Fsp3) is 0.435. The Kier molecular flexibility index (Phi) is 6.48. The van der Waals surface area contributed by atoms with Gasteiger partial charge in [0.25, 0.3) is 11.6 Å². The number of hydrogen-bond donors (Lipinski definition) is 1. The summed E-state index contributed by atoms with van der Waals surface area (Å²) in [4.78, 5) is 28.4. The normalized spacial score (nSPS) is 20.4. The van der Waals surface area contributed by atoms with E-state index in [1.54, 1.807) is 6.07 Å². The highest BCUT2D eigenvalue weighted by Crippen LogP contribution is 2.28. The number of morpholine rings is 1. The van der Waals surface area contributed by atoms with Crippen molar-refractivity contribution in [2.75, 3.05) is 44.3 Å². The van der Waals surface area contributed by atoms with Crippen LogP contribution >= 0.6 is 0 Å². The Bertz CT molecular complexity index is 930. The summed E-state index contributed by atoms with van der Waals surface area (Å²) in [6.07, 6.45) is 0.852. The van der Waals surface area contributed by atoms with Gasteiger partial charge in [-0.2, -0.15) is 0 Å². The van der Waals surface area contributed by atoms with Crippen LogP contribution in [0.5, 0.6) is 0 Å². The number of rotatable bonds is 6. The molecule has 0 aromatic heterocycles. The summed E-state index contributed by atoms with van der Waals surface area (Å²) in [5, 5.41) is 14.4. The van der Waals surface area contributed by atoms with Crippen LogP contribution in [0.25, 0.3) is 0 Å². The van der Waals surface area contributed by atoms with Crippen LogP contribution in [0.2, 0.25) is 0 Å². The number of nitrogens with zero attached hydrogens (tertiary/aromatic N) is 3. The average molecular weight is 425 g/mol. The van der Waals surface area contributed by atoms with E-state index in [9.17, 15) is 14.9 Å². The largest absolute Gasteiger partial charge is 0.378 e. The highest BCUT2D eigenvalue weighted by atomic mass is 16.6. The van der Waals surface area contributed by atoms with E-state index in [0.29, 0.717) is 31.9 Å². The Morgan fingerprint density at radius 2 is 1.90 bits per heavy atom. The SMILES string of the molecule is CC(c1ccccc1)N1CCC(NC(=O)c2cc([N+](=O)[O-])ccc2N2CCOCC2)C1. The topological polar surface area (TPSA) is 88.0 Å². The van der Waals surface area contributed by atoms with Gasteiger partial charge in [-0.3, -0.25) is 19.8 Å². The number of anilines is 1. The molecule has 2 aliphatic heterocycles. The fourth-order valence-corrected chi connectivity index (χ4v) is 4.36. The fourth-order valence-electron chi connectivity index (χ4n) is 4.36. The molecule has 2 fully saturated rings. The summed E-state index contributed by atoms with van der Waals surface area (Å²) >= 11 is 0. The molecule has 2 unspecified atom stereocenters. The second kappa shape index (κ2) is 9.45. The van der Waals surface area contributed by atoms with Crippen LogP contribution in [0.3, 0.4) is 0 Å². The van der Waals surface area contributed by atoms with Gasteiger partial charge in [0, 0.05) is 50.4 Å². The number of nitrogens with one attached hydrogen (secondary N) is 1. The van der Waals surface area contributed by atoms with Crippen LogP contribution in [0.1, 0.15) is 35.3 Å². The van der Waals surface area contributed by atoms with Gasteiger partial charge in [0.15, 0.2) is 0 Å². The lowest BCUT2D eigenvalue weighted by Crippen LogP contribution is -2.40. The maximum Gasteiger partial charge on any atom is 0.270 e. The van der Waals surface area contributed by atoms with E-state index in [-0.39, 0.29) is 23.7 Å². The van der Waals surface area contributed by atoms with E-state index in [4.69, 9.17) is 4.74 Å². The van der Waals surface area contributed by atoms with Gasteiger partial charge in [-0.05, 0) is 25.0 Å². The minimum Gasteiger partial charge on any atom is -0.378 e. The van der Waals surface area contributed by atoms with Crippen LogP contribution in [-0.4, -0.2) is 61.2 Å². The van der Waals surface area contributed by atoms with Gasteiger partial charge in [-0.1, -0.05) is 30.3 Å². The van der Waals surface area contributed by atoms with Crippen molar-refractivity contribution in [1.82, 2.24) is 10.2 Å². The first kappa shape index (κ1) is 21.3. The summed E-state index contributed by atoms with van der Waals surface area (Å²) in [5.74, 6) is -0.260. The number of hydrogen-bond acceptors (Lipinski definition) is 6. The third-order valence-electron chi connectivity index (χ3n) is 6.17. The molecule has 164 valence electrons. The first-order valence-corrected chi connectivity index (χ1v) is 10.7. The van der Waals surface area contributed by atoms with E-state index in [1.165, 1.54) is 17.7 Å². The number of nitro benzene ring substituents is 1. The van der Waals surface area contributed by atoms with Crippen LogP contribution in [0, 0.1) is 10.1 Å². The van der Waals surface area contributed by atoms with Crippen molar-refractivity contribution < 1.29 is 14.5 Å². The summed E-state index contributed by atoms with van der Waals surface area (Å²) in [6, 6.07) is 15.1. The molecule has 4 rings (SSSR count). The van der Waals surface area contributed by atoms with E-state index >= 15 is 0 Å². The molecule has 8 nitrogen and oxygen atoms in total. The molecule has 0 radical (unpaired) electrons. The molecule has 0 aliphatic carbocycles. The maximum absolute atomic E-state index is 13.2. The van der Waals surface area contributed by atoms with Crippen molar-refractivity contribution in [2.45, 2.75) is 25.4 Å². The number of carbonyl (C=O) groups excluding carboxylic acids is 1. The highest BCUT2D eigenvalue weighted by Gasteiger charge is 2.29. The van der Waals surface area contributed by atoms with Crippen molar-refractivity contribution in [3.63, 3.8) is 0 Å². The summed E-state index contributed by atoms with van der Waals surface area (Å²) in [6.45, 7) is 6.29. The van der Waals surface area contributed by atoms with Gasteiger partial charge < -0.3 is 15.0 Å². The number of nitro groups is 1. The number of likely N-dealkylation sites (tertiary alicyclic amines) is 1. The number of benzene rings is 2. The molecular formula is C23H28N4O4. The van der Waals surface area contributed by atoms with Crippen molar-refractivity contribution in [3.05, 3.63) is 69.8 Å². The maximum atomic E-state index is 13.2. The predicted molar refractivity (Wildman–Crippen MR) is 118 cm³/mol. The van der Waals surface area contributed by atoms with E-state index in [2.05, 4.69) is 34.2 Å². The number of amides is 1. The lowest BCUT2D eigenvalue weighted by molar-refractivity contribution is -0.384. The molecule has 0 saturated carbocycles. The van der Waals surface area contributed by atoms with Crippen LogP contribution in [-0.2, 0) is 4.74 Å². The molecule has 0 spiro atoms. The summed E-state index contributed by atoms with van der Waals surface area (Å²) in [5.41, 5.74) is 2.25. The smallest absolute Gasteiger partial charge is 0.270 e. The molecular weight excluding hydrogens is 396 g/mol. The molecule has 1 N–H and O–H groups in total. The molecule has 2 atom stereocenters. The minimum absolute atomic E-state index is 0.00969. The zero-order valence-electron chi connectivity index (χ0n) is 17.7. The highest BCUT2D eigenvalue weighted by molar-refractivity contribution is 6.00. The molecule has 2 aromatic rings. The zero-order valence-corrected chi connectivity index (χ0v) is 17.7. The first-order chi connectivity index (χ1) is 15.0. The van der Waals surface area contributed by atoms with Crippen molar-refractivity contribution >= 4 is 17.3 Å². The van der Waals surface area contributed by atoms with Crippen LogP contribution in [0.4, 0.5) is 11.4 Å². The van der Waals surface area contributed by atoms with Crippen molar-refractivity contribution in [3.8, 4) is 0 Å². The predicted octanol–water partition coefficient (Wildman–Crippen LogP) is 3.00. The molecule has 1 amide bonds. The van der Waals surface area contributed by atoms with Gasteiger partial charge >= 0.3 is 0 Å². The number of non-ortho nitro benzene ring substituents is 1. The Morgan fingerprint density at radius 1 is 1.16 bits per heavy atom. The Labute approximate surface area is 181 Å². The molecule has 2 aliphatic rings. The molecule has 31 heavy (non-hydrogen) atoms.